The topological polar surface area (TPSA) is 125 Å². The third-order valence-corrected chi connectivity index (χ3v) is 3.53. The molecule has 4 N–H and O–H groups in total. The van der Waals surface area contributed by atoms with Gasteiger partial charge in [0.2, 0.25) is 23.1 Å². The van der Waals surface area contributed by atoms with Crippen LogP contribution in [-0.4, -0.2) is 73.8 Å². The van der Waals surface area contributed by atoms with Crippen LogP contribution in [0, 0.1) is 5.41 Å². The minimum Gasteiger partial charge on any atom is -0.368 e. The molecule has 0 aliphatic heterocycles. The second-order valence-electron chi connectivity index (χ2n) is 5.58. The lowest BCUT2D eigenvalue weighted by Crippen LogP contribution is -2.64. The Bertz CT molecular complexity index is 480. The van der Waals surface area contributed by atoms with Gasteiger partial charge in [-0.3, -0.25) is 14.4 Å². The normalized spacial score (nSPS) is 12.7. The van der Waals surface area contributed by atoms with E-state index in [0.717, 1.165) is 0 Å². The van der Waals surface area contributed by atoms with Crippen molar-refractivity contribution in [1.82, 2.24) is 20.4 Å². The van der Waals surface area contributed by atoms with Crippen molar-refractivity contribution in [2.75, 3.05) is 40.3 Å². The van der Waals surface area contributed by atoms with Gasteiger partial charge in [0.05, 0.1) is 6.54 Å². The highest BCUT2D eigenvalue weighted by Crippen LogP contribution is 2.21. The summed E-state index contributed by atoms with van der Waals surface area (Å²) in [5.74, 6) is -2.70. The SMILES string of the molecule is CCCNC(=O)C(CN(CC)C(=O)N(C)C)(C(N)=O)C(=O)NCC. The van der Waals surface area contributed by atoms with Gasteiger partial charge in [0.15, 0.2) is 0 Å². The van der Waals surface area contributed by atoms with Gasteiger partial charge in [0.25, 0.3) is 0 Å². The molecule has 24 heavy (non-hydrogen) atoms. The first kappa shape index (κ1) is 21.7. The summed E-state index contributed by atoms with van der Waals surface area (Å²) in [6.07, 6.45) is 0.629. The van der Waals surface area contributed by atoms with Gasteiger partial charge in [-0.25, -0.2) is 4.79 Å². The van der Waals surface area contributed by atoms with Crippen LogP contribution >= 0.6 is 0 Å². The van der Waals surface area contributed by atoms with Crippen LogP contribution in [0.2, 0.25) is 0 Å². The molecule has 5 amide bonds. The average molecular weight is 343 g/mol. The number of urea groups is 1. The minimum atomic E-state index is -2.17. The quantitative estimate of drug-likeness (QED) is 0.470. The minimum absolute atomic E-state index is 0.215. The van der Waals surface area contributed by atoms with Gasteiger partial charge in [0.1, 0.15) is 0 Å². The van der Waals surface area contributed by atoms with Crippen LogP contribution in [0.1, 0.15) is 27.2 Å². The second-order valence-corrected chi connectivity index (χ2v) is 5.58. The molecule has 0 rings (SSSR count). The number of nitrogens with one attached hydrogen (secondary N) is 2. The van der Waals surface area contributed by atoms with E-state index in [2.05, 4.69) is 10.6 Å². The third-order valence-electron chi connectivity index (χ3n) is 3.53. The van der Waals surface area contributed by atoms with Crippen molar-refractivity contribution in [2.45, 2.75) is 27.2 Å². The highest BCUT2D eigenvalue weighted by molar-refractivity contribution is 6.22. The van der Waals surface area contributed by atoms with E-state index in [1.807, 2.05) is 6.92 Å². The lowest BCUT2D eigenvalue weighted by molar-refractivity contribution is -0.151. The number of hydrogen-bond acceptors (Lipinski definition) is 4. The maximum atomic E-state index is 12.6. The number of rotatable bonds is 9. The standard InChI is InChI=1S/C15H29N5O4/c1-6-9-18-13(23)15(11(16)21,12(22)17-7-2)10-20(8-3)14(24)19(4)5/h6-10H2,1-5H3,(H2,16,21)(H,17,22)(H,18,23). The van der Waals surface area contributed by atoms with Crippen LogP contribution < -0.4 is 16.4 Å². The zero-order chi connectivity index (χ0) is 18.9. The Kier molecular flexibility index (Phi) is 8.80. The Morgan fingerprint density at radius 2 is 1.54 bits per heavy atom. The fraction of sp³-hybridized carbons (Fsp3) is 0.733. The molecule has 0 radical (unpaired) electrons. The molecule has 1 atom stereocenters. The van der Waals surface area contributed by atoms with Crippen LogP contribution in [0.4, 0.5) is 4.79 Å². The molecule has 0 spiro atoms. The zero-order valence-corrected chi connectivity index (χ0v) is 15.1. The van der Waals surface area contributed by atoms with Crippen LogP contribution in [0.15, 0.2) is 0 Å². The van der Waals surface area contributed by atoms with E-state index < -0.39 is 35.7 Å². The number of amides is 5. The van der Waals surface area contributed by atoms with Crippen molar-refractivity contribution >= 4 is 23.8 Å². The Hall–Kier alpha value is -2.32. The molecular weight excluding hydrogens is 314 g/mol. The second kappa shape index (κ2) is 9.74. The van der Waals surface area contributed by atoms with Gasteiger partial charge in [-0.05, 0) is 20.3 Å². The van der Waals surface area contributed by atoms with Gasteiger partial charge >= 0.3 is 6.03 Å². The van der Waals surface area contributed by atoms with Crippen LogP contribution in [0.3, 0.4) is 0 Å². The fourth-order valence-electron chi connectivity index (χ4n) is 2.13. The van der Waals surface area contributed by atoms with Crippen molar-refractivity contribution in [2.24, 2.45) is 11.1 Å². The third kappa shape index (κ3) is 4.84. The monoisotopic (exact) mass is 343 g/mol. The van der Waals surface area contributed by atoms with Crippen molar-refractivity contribution in [1.29, 1.82) is 0 Å². The molecule has 0 saturated heterocycles. The van der Waals surface area contributed by atoms with Crippen molar-refractivity contribution < 1.29 is 19.2 Å². The Morgan fingerprint density at radius 1 is 1.00 bits per heavy atom. The number of nitrogens with two attached hydrogens (primary N) is 1. The fourth-order valence-corrected chi connectivity index (χ4v) is 2.13. The predicted octanol–water partition coefficient (Wildman–Crippen LogP) is -0.876. The first-order valence-electron chi connectivity index (χ1n) is 8.01. The van der Waals surface area contributed by atoms with Crippen molar-refractivity contribution in [3.05, 3.63) is 0 Å². The molecular formula is C15H29N5O4. The zero-order valence-electron chi connectivity index (χ0n) is 15.1. The first-order chi connectivity index (χ1) is 11.2. The molecule has 138 valence electrons. The van der Waals surface area contributed by atoms with Gasteiger partial charge in [-0.2, -0.15) is 0 Å². The molecule has 0 aliphatic rings. The van der Waals surface area contributed by atoms with E-state index >= 15 is 0 Å². The molecule has 0 aliphatic carbocycles. The van der Waals surface area contributed by atoms with Crippen molar-refractivity contribution in [3.8, 4) is 0 Å². The molecule has 9 heteroatoms. The molecule has 0 saturated carbocycles. The van der Waals surface area contributed by atoms with Gasteiger partial charge in [-0.15, -0.1) is 0 Å². The smallest absolute Gasteiger partial charge is 0.319 e. The van der Waals surface area contributed by atoms with E-state index in [1.165, 1.54) is 9.80 Å². The molecule has 0 heterocycles. The maximum Gasteiger partial charge on any atom is 0.319 e. The maximum absolute atomic E-state index is 12.6. The molecule has 0 aromatic carbocycles. The van der Waals surface area contributed by atoms with Crippen LogP contribution in [0.25, 0.3) is 0 Å². The van der Waals surface area contributed by atoms with E-state index in [4.69, 9.17) is 5.73 Å². The number of primary amides is 1. The van der Waals surface area contributed by atoms with E-state index in [9.17, 15) is 19.2 Å². The molecule has 0 bridgehead atoms. The largest absolute Gasteiger partial charge is 0.368 e. The summed E-state index contributed by atoms with van der Waals surface area (Å²) >= 11 is 0. The molecule has 0 aromatic heterocycles. The Balaban J connectivity index is 5.89. The Labute approximate surface area is 142 Å². The average Bonchev–Trinajstić information content (AvgIpc) is 2.52. The lowest BCUT2D eigenvalue weighted by atomic mass is 9.83. The number of hydrogen-bond donors (Lipinski definition) is 3. The van der Waals surface area contributed by atoms with Crippen molar-refractivity contribution in [3.63, 3.8) is 0 Å². The summed E-state index contributed by atoms with van der Waals surface area (Å²) in [5.41, 5.74) is 3.27. The van der Waals surface area contributed by atoms with E-state index in [-0.39, 0.29) is 13.1 Å². The highest BCUT2D eigenvalue weighted by Gasteiger charge is 2.53. The van der Waals surface area contributed by atoms with Gasteiger partial charge in [0, 0.05) is 33.7 Å². The summed E-state index contributed by atoms with van der Waals surface area (Å²) < 4.78 is 0. The number of carbonyl (C=O) groups excluding carboxylic acids is 4. The van der Waals surface area contributed by atoms with E-state index in [0.29, 0.717) is 13.0 Å². The molecule has 0 fully saturated rings. The highest BCUT2D eigenvalue weighted by atomic mass is 16.2. The predicted molar refractivity (Wildman–Crippen MR) is 89.9 cm³/mol. The summed E-state index contributed by atoms with van der Waals surface area (Å²) in [5, 5.41) is 5.01. The van der Waals surface area contributed by atoms with E-state index in [1.54, 1.807) is 27.9 Å². The molecule has 9 nitrogen and oxygen atoms in total. The van der Waals surface area contributed by atoms with Gasteiger partial charge in [-0.1, -0.05) is 6.92 Å². The number of nitrogens with zero attached hydrogens (tertiary/aromatic N) is 2. The summed E-state index contributed by atoms with van der Waals surface area (Å²) in [6, 6.07) is -0.421. The summed E-state index contributed by atoms with van der Waals surface area (Å²) in [6.45, 7) is 5.50. The number of carbonyl (C=O) groups is 4. The first-order valence-corrected chi connectivity index (χ1v) is 8.01. The van der Waals surface area contributed by atoms with Crippen LogP contribution in [0.5, 0.6) is 0 Å². The van der Waals surface area contributed by atoms with Crippen LogP contribution in [-0.2, 0) is 14.4 Å². The van der Waals surface area contributed by atoms with Gasteiger partial charge < -0.3 is 26.2 Å². The summed E-state index contributed by atoms with van der Waals surface area (Å²) in [7, 11) is 3.08. The summed E-state index contributed by atoms with van der Waals surface area (Å²) in [4.78, 5) is 52.0. The lowest BCUT2D eigenvalue weighted by Gasteiger charge is -2.34. The Morgan fingerprint density at radius 3 is 1.92 bits per heavy atom. The molecule has 1 unspecified atom stereocenters. The molecule has 0 aromatic rings.